The molecule has 0 saturated carbocycles. The number of fused-ring (bicyclic) bond motifs is 1. The third kappa shape index (κ3) is 4.07. The second kappa shape index (κ2) is 9.19. The van der Waals surface area contributed by atoms with Gasteiger partial charge in [0.15, 0.2) is 6.04 Å². The van der Waals surface area contributed by atoms with Crippen LogP contribution in [-0.4, -0.2) is 97.9 Å². The molecule has 0 aromatic heterocycles. The van der Waals surface area contributed by atoms with Crippen molar-refractivity contribution < 1.29 is 33.8 Å². The SMILES string of the molecule is CC(=O)OCC1=C(C(=O)O)N2C(=O)C(N(C(=O)C(=N)C3=CSC(N)N3)N3CCNC3=O)C2SC1. The fraction of sp³-hybridized carbons (Fsp3) is 0.444. The Morgan fingerprint density at radius 2 is 2.12 bits per heavy atom. The molecule has 4 amide bonds. The summed E-state index contributed by atoms with van der Waals surface area (Å²) in [5.74, 6) is -3.48. The number of ether oxygens (including phenoxy) is 1. The number of carboxylic acids is 1. The first-order valence-electron chi connectivity index (χ1n) is 10.0. The third-order valence-corrected chi connectivity index (χ3v) is 7.46. The Morgan fingerprint density at radius 3 is 2.68 bits per heavy atom. The van der Waals surface area contributed by atoms with Crippen molar-refractivity contribution in [2.24, 2.45) is 5.73 Å². The number of hydrazine groups is 1. The van der Waals surface area contributed by atoms with Gasteiger partial charge < -0.3 is 26.2 Å². The maximum atomic E-state index is 13.4. The lowest BCUT2D eigenvalue weighted by Crippen LogP contribution is -2.74. The van der Waals surface area contributed by atoms with E-state index in [1.165, 1.54) is 35.9 Å². The summed E-state index contributed by atoms with van der Waals surface area (Å²) < 4.78 is 4.92. The summed E-state index contributed by atoms with van der Waals surface area (Å²) in [6.45, 7) is 1.21. The number of β-lactam (4-membered cyclic amide) rings is 1. The number of hydrogen-bond acceptors (Lipinski definition) is 11. The van der Waals surface area contributed by atoms with E-state index in [1.807, 2.05) is 0 Å². The minimum atomic E-state index is -1.38. The first kappa shape index (κ1) is 23.9. The van der Waals surface area contributed by atoms with Crippen LogP contribution in [-0.2, 0) is 23.9 Å². The van der Waals surface area contributed by atoms with Crippen molar-refractivity contribution in [1.29, 1.82) is 5.41 Å². The maximum Gasteiger partial charge on any atom is 0.352 e. The van der Waals surface area contributed by atoms with Crippen molar-refractivity contribution in [3.8, 4) is 0 Å². The smallest absolute Gasteiger partial charge is 0.352 e. The molecule has 2 fully saturated rings. The van der Waals surface area contributed by atoms with E-state index in [1.54, 1.807) is 0 Å². The Labute approximate surface area is 201 Å². The van der Waals surface area contributed by atoms with E-state index in [9.17, 15) is 29.1 Å². The number of carbonyl (C=O) groups excluding carboxylic acids is 4. The fourth-order valence-electron chi connectivity index (χ4n) is 3.83. The standard InChI is InChI=1S/C18H21N7O7S2/c1-7(26)32-4-8-5-33-15-12(14(28)24(15)11(8)16(29)30)25(23-3-2-21-18(23)31)13(27)10(19)9-6-34-17(20)22-9/h6,12,15,17,19,22H,2-5,20H2,1H3,(H,21,31)(H,29,30). The highest BCUT2D eigenvalue weighted by Crippen LogP contribution is 2.43. The number of urea groups is 1. The molecule has 4 aliphatic rings. The molecule has 0 bridgehead atoms. The molecule has 0 spiro atoms. The molecule has 0 aliphatic carbocycles. The lowest BCUT2D eigenvalue weighted by atomic mass is 10.0. The minimum Gasteiger partial charge on any atom is -0.477 e. The van der Waals surface area contributed by atoms with Crippen molar-refractivity contribution in [3.63, 3.8) is 0 Å². The summed E-state index contributed by atoms with van der Waals surface area (Å²) >= 11 is 2.34. The normalized spacial score (nSPS) is 25.7. The second-order valence-electron chi connectivity index (χ2n) is 7.50. The lowest BCUT2D eigenvalue weighted by Gasteiger charge is -2.53. The molecule has 4 rings (SSSR count). The molecule has 14 nitrogen and oxygen atoms in total. The number of rotatable bonds is 7. The van der Waals surface area contributed by atoms with Gasteiger partial charge in [-0.15, -0.1) is 11.8 Å². The maximum absolute atomic E-state index is 13.4. The van der Waals surface area contributed by atoms with Gasteiger partial charge in [0.1, 0.15) is 28.9 Å². The average Bonchev–Trinajstić information content (AvgIpc) is 3.41. The molecule has 16 heteroatoms. The van der Waals surface area contributed by atoms with Crippen LogP contribution in [0.25, 0.3) is 0 Å². The number of carbonyl (C=O) groups is 5. The lowest BCUT2D eigenvalue weighted by molar-refractivity contribution is -0.169. The van der Waals surface area contributed by atoms with Crippen LogP contribution in [0.3, 0.4) is 0 Å². The van der Waals surface area contributed by atoms with Gasteiger partial charge in [-0.3, -0.25) is 24.7 Å². The molecule has 6 N–H and O–H groups in total. The van der Waals surface area contributed by atoms with Crippen LogP contribution in [0.15, 0.2) is 22.4 Å². The number of amides is 4. The Morgan fingerprint density at radius 1 is 1.38 bits per heavy atom. The van der Waals surface area contributed by atoms with Crippen molar-refractivity contribution in [2.45, 2.75) is 23.8 Å². The zero-order chi connectivity index (χ0) is 24.7. The van der Waals surface area contributed by atoms with E-state index >= 15 is 0 Å². The number of aliphatic carboxylic acids is 1. The van der Waals surface area contributed by atoms with Gasteiger partial charge in [0.2, 0.25) is 0 Å². The van der Waals surface area contributed by atoms with Crippen LogP contribution in [0.5, 0.6) is 0 Å². The highest BCUT2D eigenvalue weighted by atomic mass is 32.2. The number of nitrogens with two attached hydrogens (primary N) is 1. The number of nitrogens with zero attached hydrogens (tertiary/aromatic N) is 3. The molecule has 3 unspecified atom stereocenters. The highest BCUT2D eigenvalue weighted by molar-refractivity contribution is 8.02. The van der Waals surface area contributed by atoms with E-state index < -0.39 is 52.4 Å². The second-order valence-corrected chi connectivity index (χ2v) is 9.63. The zero-order valence-corrected chi connectivity index (χ0v) is 19.4. The molecule has 182 valence electrons. The van der Waals surface area contributed by atoms with Gasteiger partial charge in [-0.25, -0.2) is 19.6 Å². The summed E-state index contributed by atoms with van der Waals surface area (Å²) in [6, 6.07) is -1.83. The first-order valence-corrected chi connectivity index (χ1v) is 12.0. The van der Waals surface area contributed by atoms with Crippen LogP contribution < -0.4 is 16.4 Å². The molecular formula is C18H21N7O7S2. The van der Waals surface area contributed by atoms with Gasteiger partial charge in [0.05, 0.1) is 12.2 Å². The molecule has 0 aromatic rings. The molecule has 4 heterocycles. The molecule has 0 radical (unpaired) electrons. The summed E-state index contributed by atoms with van der Waals surface area (Å²) in [5, 5.41) is 26.1. The number of nitrogens with one attached hydrogen (secondary N) is 3. The summed E-state index contributed by atoms with van der Waals surface area (Å²) in [6.07, 6.45) is 0. The number of carboxylic acid groups (broad SMARTS) is 1. The van der Waals surface area contributed by atoms with Crippen LogP contribution in [0, 0.1) is 5.41 Å². The van der Waals surface area contributed by atoms with E-state index in [0.717, 1.165) is 14.9 Å². The van der Waals surface area contributed by atoms with Crippen molar-refractivity contribution in [3.05, 3.63) is 22.4 Å². The summed E-state index contributed by atoms with van der Waals surface area (Å²) in [4.78, 5) is 63.2. The van der Waals surface area contributed by atoms with Crippen LogP contribution in [0.1, 0.15) is 6.92 Å². The molecular weight excluding hydrogens is 490 g/mol. The van der Waals surface area contributed by atoms with E-state index in [4.69, 9.17) is 15.9 Å². The van der Waals surface area contributed by atoms with Gasteiger partial charge in [0, 0.05) is 24.8 Å². The quantitative estimate of drug-likeness (QED) is 0.150. The van der Waals surface area contributed by atoms with Crippen molar-refractivity contribution in [1.82, 2.24) is 25.6 Å². The molecule has 2 saturated heterocycles. The predicted molar refractivity (Wildman–Crippen MR) is 120 cm³/mol. The minimum absolute atomic E-state index is 0.0824. The highest BCUT2D eigenvalue weighted by Gasteiger charge is 2.59. The first-order chi connectivity index (χ1) is 16.1. The zero-order valence-electron chi connectivity index (χ0n) is 17.8. The Bertz CT molecular complexity index is 1060. The number of hydrogen-bond donors (Lipinski definition) is 5. The van der Waals surface area contributed by atoms with Gasteiger partial charge in [-0.2, -0.15) is 0 Å². The van der Waals surface area contributed by atoms with E-state index in [-0.39, 0.29) is 42.4 Å². The molecule has 0 aromatic carbocycles. The van der Waals surface area contributed by atoms with Crippen molar-refractivity contribution >= 4 is 59.0 Å². The van der Waals surface area contributed by atoms with Crippen LogP contribution >= 0.6 is 23.5 Å². The summed E-state index contributed by atoms with van der Waals surface area (Å²) in [5.41, 5.74) is 4.79. The van der Waals surface area contributed by atoms with Gasteiger partial charge in [0.25, 0.3) is 11.8 Å². The topological polar surface area (TPSA) is 198 Å². The fourth-order valence-corrected chi connectivity index (χ4v) is 5.86. The van der Waals surface area contributed by atoms with Crippen LogP contribution in [0.2, 0.25) is 0 Å². The monoisotopic (exact) mass is 511 g/mol. The Hall–Kier alpha value is -3.24. The Kier molecular flexibility index (Phi) is 6.46. The van der Waals surface area contributed by atoms with Gasteiger partial charge in [-0.1, -0.05) is 11.8 Å². The van der Waals surface area contributed by atoms with Crippen molar-refractivity contribution in [2.75, 3.05) is 25.4 Å². The summed E-state index contributed by atoms with van der Waals surface area (Å²) in [7, 11) is 0. The molecule has 3 atom stereocenters. The number of thioether (sulfide) groups is 2. The van der Waals surface area contributed by atoms with E-state index in [0.29, 0.717) is 0 Å². The van der Waals surface area contributed by atoms with Crippen LogP contribution in [0.4, 0.5) is 4.79 Å². The predicted octanol–water partition coefficient (Wildman–Crippen LogP) is -1.62. The number of esters is 1. The Balaban J connectivity index is 1.64. The largest absolute Gasteiger partial charge is 0.477 e. The molecule has 4 aliphatic heterocycles. The van der Waals surface area contributed by atoms with E-state index in [2.05, 4.69) is 10.6 Å². The molecule has 34 heavy (non-hydrogen) atoms. The average molecular weight is 512 g/mol. The van der Waals surface area contributed by atoms with Gasteiger partial charge >= 0.3 is 18.0 Å². The third-order valence-electron chi connectivity index (χ3n) is 5.35. The van der Waals surface area contributed by atoms with Gasteiger partial charge in [-0.05, 0) is 5.41 Å².